The molecule has 0 aliphatic carbocycles. The third-order valence-electron chi connectivity index (χ3n) is 3.95. The Kier molecular flexibility index (Phi) is 4.22. The second-order valence-corrected chi connectivity index (χ2v) is 5.16. The molecule has 4 N–H and O–H groups in total. The van der Waals surface area contributed by atoms with Crippen LogP contribution in [0.15, 0.2) is 24.3 Å². The highest BCUT2D eigenvalue weighted by molar-refractivity contribution is 5.47. The predicted octanol–water partition coefficient (Wildman–Crippen LogP) is 1.00. The number of β-amino-alcohol motifs (C(OH)–C–C–N with tert-alkyl or cyclic N) is 1. The lowest BCUT2D eigenvalue weighted by Crippen LogP contribution is -2.38. The molecular formula is C14H22N2O2. The van der Waals surface area contributed by atoms with Gasteiger partial charge < -0.3 is 15.9 Å². The van der Waals surface area contributed by atoms with Gasteiger partial charge in [0, 0.05) is 23.8 Å². The maximum Gasteiger partial charge on any atom is 0.0936 e. The summed E-state index contributed by atoms with van der Waals surface area (Å²) in [5, 5.41) is 19.7. The van der Waals surface area contributed by atoms with Crippen LogP contribution in [0.2, 0.25) is 0 Å². The lowest BCUT2D eigenvalue weighted by Gasteiger charge is -2.27. The van der Waals surface area contributed by atoms with Crippen molar-refractivity contribution in [2.24, 2.45) is 5.92 Å². The van der Waals surface area contributed by atoms with Crippen molar-refractivity contribution in [3.63, 3.8) is 0 Å². The zero-order valence-electron chi connectivity index (χ0n) is 10.8. The number of hydrogen-bond donors (Lipinski definition) is 3. The minimum absolute atomic E-state index is 0.151. The van der Waals surface area contributed by atoms with E-state index in [-0.39, 0.29) is 12.6 Å². The number of rotatable bonds is 4. The Morgan fingerprint density at radius 3 is 2.83 bits per heavy atom. The van der Waals surface area contributed by atoms with Gasteiger partial charge in [-0.05, 0) is 24.9 Å². The van der Waals surface area contributed by atoms with Crippen LogP contribution in [0.5, 0.6) is 0 Å². The Balaban J connectivity index is 2.04. The smallest absolute Gasteiger partial charge is 0.0936 e. The minimum Gasteiger partial charge on any atom is -0.398 e. The molecule has 1 aliphatic heterocycles. The van der Waals surface area contributed by atoms with E-state index in [2.05, 4.69) is 11.8 Å². The Bertz CT molecular complexity index is 397. The maximum absolute atomic E-state index is 10.3. The van der Waals surface area contributed by atoms with Crippen molar-refractivity contribution < 1.29 is 10.2 Å². The van der Waals surface area contributed by atoms with Gasteiger partial charge in [-0.15, -0.1) is 0 Å². The highest BCUT2D eigenvalue weighted by Crippen LogP contribution is 2.27. The highest BCUT2D eigenvalue weighted by Gasteiger charge is 2.31. The van der Waals surface area contributed by atoms with Gasteiger partial charge in [0.15, 0.2) is 0 Å². The summed E-state index contributed by atoms with van der Waals surface area (Å²) < 4.78 is 0. The van der Waals surface area contributed by atoms with Gasteiger partial charge in [0.2, 0.25) is 0 Å². The van der Waals surface area contributed by atoms with Gasteiger partial charge in [0.25, 0.3) is 0 Å². The zero-order valence-corrected chi connectivity index (χ0v) is 10.8. The molecule has 0 amide bonds. The SMILES string of the molecule is CC1CCN(CC(O)c2ccccc2N)C1CO. The predicted molar refractivity (Wildman–Crippen MR) is 72.0 cm³/mol. The molecule has 4 heteroatoms. The van der Waals surface area contributed by atoms with Crippen LogP contribution in [-0.4, -0.2) is 40.9 Å². The number of nitrogens with two attached hydrogens (primary N) is 1. The largest absolute Gasteiger partial charge is 0.398 e. The maximum atomic E-state index is 10.3. The average Bonchev–Trinajstić information content (AvgIpc) is 2.70. The van der Waals surface area contributed by atoms with Crippen molar-refractivity contribution in [3.8, 4) is 0 Å². The van der Waals surface area contributed by atoms with Crippen LogP contribution in [-0.2, 0) is 0 Å². The molecule has 0 bridgehead atoms. The fourth-order valence-corrected chi connectivity index (χ4v) is 2.74. The Morgan fingerprint density at radius 1 is 1.44 bits per heavy atom. The van der Waals surface area contributed by atoms with E-state index >= 15 is 0 Å². The van der Waals surface area contributed by atoms with E-state index in [0.717, 1.165) is 18.5 Å². The Morgan fingerprint density at radius 2 is 2.17 bits per heavy atom. The molecule has 0 saturated carbocycles. The number of nitrogen functional groups attached to an aromatic ring is 1. The van der Waals surface area contributed by atoms with Gasteiger partial charge in [-0.2, -0.15) is 0 Å². The van der Waals surface area contributed by atoms with Gasteiger partial charge in [-0.25, -0.2) is 0 Å². The average molecular weight is 250 g/mol. The molecule has 3 unspecified atom stereocenters. The summed E-state index contributed by atoms with van der Waals surface area (Å²) in [6.45, 7) is 3.75. The number of aliphatic hydroxyl groups excluding tert-OH is 2. The third-order valence-corrected chi connectivity index (χ3v) is 3.95. The summed E-state index contributed by atoms with van der Waals surface area (Å²) in [4.78, 5) is 2.15. The normalized spacial score (nSPS) is 26.4. The minimum atomic E-state index is -0.592. The quantitative estimate of drug-likeness (QED) is 0.697. The van der Waals surface area contributed by atoms with E-state index in [4.69, 9.17) is 5.73 Å². The van der Waals surface area contributed by atoms with Crippen molar-refractivity contribution in [1.82, 2.24) is 4.90 Å². The van der Waals surface area contributed by atoms with Crippen molar-refractivity contribution >= 4 is 5.69 Å². The monoisotopic (exact) mass is 250 g/mol. The number of aliphatic hydroxyl groups is 2. The molecule has 0 radical (unpaired) electrons. The number of benzene rings is 1. The summed E-state index contributed by atoms with van der Waals surface area (Å²) in [7, 11) is 0. The lowest BCUT2D eigenvalue weighted by molar-refractivity contribution is 0.0767. The van der Waals surface area contributed by atoms with E-state index in [1.54, 1.807) is 6.07 Å². The number of anilines is 1. The van der Waals surface area contributed by atoms with E-state index in [9.17, 15) is 10.2 Å². The molecule has 0 spiro atoms. The van der Waals surface area contributed by atoms with Crippen LogP contribution in [0, 0.1) is 5.92 Å². The van der Waals surface area contributed by atoms with Crippen molar-refractivity contribution in [1.29, 1.82) is 0 Å². The van der Waals surface area contributed by atoms with Gasteiger partial charge >= 0.3 is 0 Å². The Labute approximate surface area is 108 Å². The molecule has 4 nitrogen and oxygen atoms in total. The van der Waals surface area contributed by atoms with Gasteiger partial charge in [0.05, 0.1) is 12.7 Å². The first-order valence-corrected chi connectivity index (χ1v) is 6.51. The second kappa shape index (κ2) is 5.69. The summed E-state index contributed by atoms with van der Waals surface area (Å²) in [5.41, 5.74) is 7.26. The first kappa shape index (κ1) is 13.3. The van der Waals surface area contributed by atoms with Crippen molar-refractivity contribution in [3.05, 3.63) is 29.8 Å². The fourth-order valence-electron chi connectivity index (χ4n) is 2.74. The van der Waals surface area contributed by atoms with Gasteiger partial charge in [0.1, 0.15) is 0 Å². The molecule has 1 saturated heterocycles. The van der Waals surface area contributed by atoms with Crippen LogP contribution >= 0.6 is 0 Å². The summed E-state index contributed by atoms with van der Waals surface area (Å²) in [6.07, 6.45) is 0.480. The van der Waals surface area contributed by atoms with Crippen LogP contribution in [0.3, 0.4) is 0 Å². The number of likely N-dealkylation sites (tertiary alicyclic amines) is 1. The number of hydrogen-bond acceptors (Lipinski definition) is 4. The highest BCUT2D eigenvalue weighted by atomic mass is 16.3. The molecule has 100 valence electrons. The molecule has 18 heavy (non-hydrogen) atoms. The fraction of sp³-hybridized carbons (Fsp3) is 0.571. The van der Waals surface area contributed by atoms with Crippen LogP contribution in [0.4, 0.5) is 5.69 Å². The van der Waals surface area contributed by atoms with Gasteiger partial charge in [-0.1, -0.05) is 25.1 Å². The number of nitrogens with zero attached hydrogens (tertiary/aromatic N) is 1. The van der Waals surface area contributed by atoms with E-state index in [1.807, 2.05) is 18.2 Å². The van der Waals surface area contributed by atoms with Crippen molar-refractivity contribution in [2.75, 3.05) is 25.4 Å². The lowest BCUT2D eigenvalue weighted by atomic mass is 10.0. The van der Waals surface area contributed by atoms with Crippen molar-refractivity contribution in [2.45, 2.75) is 25.5 Å². The molecule has 1 aromatic rings. The molecule has 0 aromatic heterocycles. The summed E-state index contributed by atoms with van der Waals surface area (Å²) in [6, 6.07) is 7.55. The van der Waals surface area contributed by atoms with E-state index in [0.29, 0.717) is 18.2 Å². The molecule has 1 aromatic carbocycles. The first-order chi connectivity index (χ1) is 8.63. The van der Waals surface area contributed by atoms with Crippen LogP contribution in [0.25, 0.3) is 0 Å². The second-order valence-electron chi connectivity index (χ2n) is 5.16. The van der Waals surface area contributed by atoms with Gasteiger partial charge in [-0.3, -0.25) is 4.90 Å². The van der Waals surface area contributed by atoms with E-state index in [1.165, 1.54) is 0 Å². The topological polar surface area (TPSA) is 69.7 Å². The first-order valence-electron chi connectivity index (χ1n) is 6.51. The zero-order chi connectivity index (χ0) is 13.1. The third kappa shape index (κ3) is 2.66. The summed E-state index contributed by atoms with van der Waals surface area (Å²) >= 11 is 0. The van der Waals surface area contributed by atoms with E-state index < -0.39 is 6.10 Å². The van der Waals surface area contributed by atoms with Crippen LogP contribution in [0.1, 0.15) is 25.0 Å². The molecule has 3 atom stereocenters. The standard InChI is InChI=1S/C14H22N2O2/c1-10-6-7-16(13(10)9-17)8-14(18)11-4-2-3-5-12(11)15/h2-5,10,13-14,17-18H,6-9,15H2,1H3. The number of para-hydroxylation sites is 1. The van der Waals surface area contributed by atoms with Crippen LogP contribution < -0.4 is 5.73 Å². The summed E-state index contributed by atoms with van der Waals surface area (Å²) in [5.74, 6) is 0.482. The Hall–Kier alpha value is -1.10. The molecular weight excluding hydrogens is 228 g/mol. The molecule has 2 rings (SSSR count). The molecule has 1 heterocycles. The molecule has 1 aliphatic rings. The molecule has 1 fully saturated rings.